The number of thioether (sulfide) groups is 1. The van der Waals surface area contributed by atoms with E-state index >= 15 is 0 Å². The number of aromatic nitrogens is 3. The number of fused-ring (bicyclic) bond motifs is 1. The van der Waals surface area contributed by atoms with Gasteiger partial charge in [0.05, 0.1) is 0 Å². The van der Waals surface area contributed by atoms with E-state index < -0.39 is 11.9 Å². The Hall–Kier alpha value is -1.04. The van der Waals surface area contributed by atoms with Gasteiger partial charge in [-0.3, -0.25) is 4.79 Å². The smallest absolute Gasteiger partial charge is 0.314 e. The van der Waals surface area contributed by atoms with Crippen molar-refractivity contribution >= 4 is 17.7 Å². The van der Waals surface area contributed by atoms with Gasteiger partial charge in [0.15, 0.2) is 0 Å². The molecule has 1 fully saturated rings. The minimum Gasteiger partial charge on any atom is -0.481 e. The van der Waals surface area contributed by atoms with Crippen LogP contribution in [0, 0.1) is 5.92 Å². The van der Waals surface area contributed by atoms with Gasteiger partial charge in [-0.25, -0.2) is 0 Å². The zero-order chi connectivity index (χ0) is 13.2. The maximum absolute atomic E-state index is 11.2. The Kier molecular flexibility index (Phi) is 3.77. The van der Waals surface area contributed by atoms with Crippen molar-refractivity contribution in [2.45, 2.75) is 44.6 Å². The second-order valence-corrected chi connectivity index (χ2v) is 6.64. The van der Waals surface area contributed by atoms with Crippen LogP contribution in [0.2, 0.25) is 0 Å². The SMILES string of the molecule is O=C(O)C1CCCn2c(CC3CCSCC3)nnc21. The molecular weight excluding hydrogens is 262 g/mol. The summed E-state index contributed by atoms with van der Waals surface area (Å²) in [6, 6.07) is 0. The first-order valence-electron chi connectivity index (χ1n) is 6.98. The van der Waals surface area contributed by atoms with E-state index in [0.29, 0.717) is 18.2 Å². The van der Waals surface area contributed by atoms with Gasteiger partial charge in [0.1, 0.15) is 17.6 Å². The third-order valence-corrected chi connectivity index (χ3v) is 5.20. The minimum absolute atomic E-state index is 0.461. The quantitative estimate of drug-likeness (QED) is 0.917. The zero-order valence-electron chi connectivity index (χ0n) is 10.9. The van der Waals surface area contributed by atoms with Gasteiger partial charge in [0, 0.05) is 13.0 Å². The lowest BCUT2D eigenvalue weighted by Crippen LogP contribution is -2.24. The second kappa shape index (κ2) is 5.53. The normalized spacial score (nSPS) is 24.1. The fourth-order valence-electron chi connectivity index (χ4n) is 3.03. The Balaban J connectivity index is 1.78. The van der Waals surface area contributed by atoms with E-state index in [4.69, 9.17) is 0 Å². The summed E-state index contributed by atoms with van der Waals surface area (Å²) < 4.78 is 2.06. The molecule has 5 nitrogen and oxygen atoms in total. The van der Waals surface area contributed by atoms with Crippen LogP contribution >= 0.6 is 11.8 Å². The van der Waals surface area contributed by atoms with Gasteiger partial charge >= 0.3 is 5.97 Å². The largest absolute Gasteiger partial charge is 0.481 e. The fourth-order valence-corrected chi connectivity index (χ4v) is 4.23. The molecule has 1 aromatic rings. The Morgan fingerprint density at radius 3 is 2.84 bits per heavy atom. The molecule has 2 aliphatic rings. The van der Waals surface area contributed by atoms with Crippen molar-refractivity contribution < 1.29 is 9.90 Å². The molecule has 0 radical (unpaired) electrons. The molecule has 3 heterocycles. The lowest BCUT2D eigenvalue weighted by molar-refractivity contribution is -0.139. The van der Waals surface area contributed by atoms with Crippen LogP contribution < -0.4 is 0 Å². The molecule has 0 saturated carbocycles. The van der Waals surface area contributed by atoms with Gasteiger partial charge in [-0.05, 0) is 43.1 Å². The molecule has 1 atom stereocenters. The lowest BCUT2D eigenvalue weighted by Gasteiger charge is -2.23. The summed E-state index contributed by atoms with van der Waals surface area (Å²) in [5.41, 5.74) is 0. The predicted octanol–water partition coefficient (Wildman–Crippen LogP) is 1.93. The van der Waals surface area contributed by atoms with Crippen molar-refractivity contribution in [1.29, 1.82) is 0 Å². The number of hydrogen-bond donors (Lipinski definition) is 1. The van der Waals surface area contributed by atoms with Gasteiger partial charge in [0.25, 0.3) is 0 Å². The Morgan fingerprint density at radius 2 is 2.11 bits per heavy atom. The van der Waals surface area contributed by atoms with E-state index in [1.54, 1.807) is 0 Å². The molecule has 0 bridgehead atoms. The Morgan fingerprint density at radius 1 is 1.32 bits per heavy atom. The van der Waals surface area contributed by atoms with Crippen LogP contribution in [0.15, 0.2) is 0 Å². The summed E-state index contributed by atoms with van der Waals surface area (Å²) in [7, 11) is 0. The van der Waals surface area contributed by atoms with E-state index in [2.05, 4.69) is 14.8 Å². The first-order valence-corrected chi connectivity index (χ1v) is 8.13. The predicted molar refractivity (Wildman–Crippen MR) is 73.4 cm³/mol. The van der Waals surface area contributed by atoms with Gasteiger partial charge in [0.2, 0.25) is 0 Å². The molecule has 0 amide bonds. The van der Waals surface area contributed by atoms with Crippen LogP contribution in [0.1, 0.15) is 43.3 Å². The fraction of sp³-hybridized carbons (Fsp3) is 0.769. The van der Waals surface area contributed by atoms with Crippen molar-refractivity contribution in [3.05, 3.63) is 11.6 Å². The summed E-state index contributed by atoms with van der Waals surface area (Å²) in [5, 5.41) is 17.7. The van der Waals surface area contributed by atoms with Crippen molar-refractivity contribution in [3.63, 3.8) is 0 Å². The van der Waals surface area contributed by atoms with Crippen LogP contribution in [0.5, 0.6) is 0 Å². The zero-order valence-corrected chi connectivity index (χ0v) is 11.7. The summed E-state index contributed by atoms with van der Waals surface area (Å²) >= 11 is 2.02. The highest BCUT2D eigenvalue weighted by molar-refractivity contribution is 7.99. The second-order valence-electron chi connectivity index (χ2n) is 5.42. The number of carbonyl (C=O) groups is 1. The van der Waals surface area contributed by atoms with Gasteiger partial charge in [-0.2, -0.15) is 11.8 Å². The standard InChI is InChI=1S/C13H19N3O2S/c17-13(18)10-2-1-5-16-11(14-15-12(10)16)8-9-3-6-19-7-4-9/h9-10H,1-8H2,(H,17,18). The highest BCUT2D eigenvalue weighted by Crippen LogP contribution is 2.30. The Labute approximate surface area is 116 Å². The molecule has 19 heavy (non-hydrogen) atoms. The Bertz CT molecular complexity index is 468. The van der Waals surface area contributed by atoms with Crippen molar-refractivity contribution in [2.24, 2.45) is 5.92 Å². The number of carboxylic acids is 1. The maximum Gasteiger partial charge on any atom is 0.314 e. The summed E-state index contributed by atoms with van der Waals surface area (Å²) in [5.74, 6) is 3.61. The van der Waals surface area contributed by atoms with E-state index in [9.17, 15) is 9.90 Å². The highest BCUT2D eigenvalue weighted by atomic mass is 32.2. The topological polar surface area (TPSA) is 68.0 Å². The van der Waals surface area contributed by atoms with Gasteiger partial charge < -0.3 is 9.67 Å². The van der Waals surface area contributed by atoms with Crippen molar-refractivity contribution in [2.75, 3.05) is 11.5 Å². The average Bonchev–Trinajstić information content (AvgIpc) is 2.83. The monoisotopic (exact) mass is 281 g/mol. The van der Waals surface area contributed by atoms with Crippen LogP contribution in [-0.4, -0.2) is 37.3 Å². The van der Waals surface area contributed by atoms with Gasteiger partial charge in [-0.1, -0.05) is 0 Å². The number of aliphatic carboxylic acids is 1. The molecule has 0 spiro atoms. The lowest BCUT2D eigenvalue weighted by atomic mass is 9.96. The van der Waals surface area contributed by atoms with Crippen LogP contribution in [0.3, 0.4) is 0 Å². The molecule has 1 aromatic heterocycles. The molecule has 1 N–H and O–H groups in total. The molecule has 104 valence electrons. The van der Waals surface area contributed by atoms with Crippen molar-refractivity contribution in [1.82, 2.24) is 14.8 Å². The average molecular weight is 281 g/mol. The molecule has 0 aliphatic carbocycles. The molecule has 3 rings (SSSR count). The van der Waals surface area contributed by atoms with E-state index in [1.165, 1.54) is 24.3 Å². The molecule has 2 aliphatic heterocycles. The highest BCUT2D eigenvalue weighted by Gasteiger charge is 2.31. The number of rotatable bonds is 3. The number of carboxylic acid groups (broad SMARTS) is 1. The summed E-state index contributed by atoms with van der Waals surface area (Å²) in [4.78, 5) is 11.2. The van der Waals surface area contributed by atoms with Crippen LogP contribution in [0.25, 0.3) is 0 Å². The third-order valence-electron chi connectivity index (χ3n) is 4.15. The first kappa shape index (κ1) is 13.0. The van der Waals surface area contributed by atoms with E-state index in [0.717, 1.165) is 25.2 Å². The molecule has 0 aromatic carbocycles. The molecule has 6 heteroatoms. The van der Waals surface area contributed by atoms with Gasteiger partial charge in [-0.15, -0.1) is 10.2 Å². The molecular formula is C13H19N3O2S. The first-order chi connectivity index (χ1) is 9.25. The van der Waals surface area contributed by atoms with Crippen LogP contribution in [0.4, 0.5) is 0 Å². The summed E-state index contributed by atoms with van der Waals surface area (Å²) in [6.07, 6.45) is 5.05. The van der Waals surface area contributed by atoms with Crippen LogP contribution in [-0.2, 0) is 17.8 Å². The molecule has 1 unspecified atom stereocenters. The maximum atomic E-state index is 11.2. The number of hydrogen-bond acceptors (Lipinski definition) is 4. The molecule has 1 saturated heterocycles. The minimum atomic E-state index is -0.769. The summed E-state index contributed by atoms with van der Waals surface area (Å²) in [6.45, 7) is 0.878. The van der Waals surface area contributed by atoms with E-state index in [-0.39, 0.29) is 0 Å². The third kappa shape index (κ3) is 2.63. The van der Waals surface area contributed by atoms with E-state index in [1.807, 2.05) is 11.8 Å². The number of nitrogens with zero attached hydrogens (tertiary/aromatic N) is 3. The van der Waals surface area contributed by atoms with Crippen molar-refractivity contribution in [3.8, 4) is 0 Å².